The highest BCUT2D eigenvalue weighted by Crippen LogP contribution is 2.27. The van der Waals surface area contributed by atoms with Gasteiger partial charge in [0.05, 0.1) is 11.0 Å². The van der Waals surface area contributed by atoms with Gasteiger partial charge in [-0.05, 0) is 64.3 Å². The average Bonchev–Trinajstić information content (AvgIpc) is 3.08. The van der Waals surface area contributed by atoms with Crippen LogP contribution in [0.4, 0.5) is 10.5 Å². The lowest BCUT2D eigenvalue weighted by Gasteiger charge is -2.12. The van der Waals surface area contributed by atoms with Gasteiger partial charge in [0.15, 0.2) is 6.61 Å². The number of carbonyl (C=O) groups excluding carboxylic acids is 3. The number of anilines is 1. The van der Waals surface area contributed by atoms with Gasteiger partial charge in [0.1, 0.15) is 11.4 Å². The highest BCUT2D eigenvalue weighted by atomic mass is 79.9. The number of hydrogen-bond donors (Lipinski definition) is 2. The monoisotopic (exact) mass is 519 g/mol. The number of urea groups is 1. The molecule has 7 nitrogen and oxygen atoms in total. The molecular weight excluding hydrogens is 498 g/mol. The minimum atomic E-state index is -0.458. The lowest BCUT2D eigenvalue weighted by molar-refractivity contribution is -0.123. The van der Waals surface area contributed by atoms with Gasteiger partial charge in [0, 0.05) is 5.69 Å². The molecule has 0 radical (unpaired) electrons. The highest BCUT2D eigenvalue weighted by molar-refractivity contribution is 9.10. The number of aryl methyl sites for hydroxylation is 1. The van der Waals surface area contributed by atoms with E-state index in [-0.39, 0.29) is 30.7 Å². The van der Waals surface area contributed by atoms with E-state index in [0.29, 0.717) is 21.5 Å². The maximum Gasteiger partial charge on any atom is 0.329 e. The van der Waals surface area contributed by atoms with Crippen molar-refractivity contribution in [3.63, 3.8) is 0 Å². The zero-order chi connectivity index (χ0) is 24.1. The predicted molar refractivity (Wildman–Crippen MR) is 133 cm³/mol. The standard InChI is InChI=1S/C26H22BrN3O4/c1-17-7-9-18(10-8-17)15-30-25(32)22(29-26(30)33)14-19-11-12-23(21(27)13-19)34-16-24(31)28-20-5-3-2-4-6-20/h2-14H,15-16H2,1H3,(H,28,31)(H,29,33)/b22-14+. The smallest absolute Gasteiger partial charge is 0.329 e. The molecular formula is C26H22BrN3O4. The summed E-state index contributed by atoms with van der Waals surface area (Å²) in [5.74, 6) is -0.190. The molecule has 8 heteroatoms. The van der Waals surface area contributed by atoms with Gasteiger partial charge in [0.2, 0.25) is 0 Å². The third-order valence-electron chi connectivity index (χ3n) is 5.11. The van der Waals surface area contributed by atoms with Gasteiger partial charge in [-0.3, -0.25) is 14.5 Å². The Balaban J connectivity index is 1.38. The number of halogens is 1. The van der Waals surface area contributed by atoms with E-state index in [1.165, 1.54) is 4.90 Å². The first-order chi connectivity index (χ1) is 16.4. The zero-order valence-corrected chi connectivity index (χ0v) is 20.0. The SMILES string of the molecule is Cc1ccc(CN2C(=O)N/C(=C/c3ccc(OCC(=O)Nc4ccccc4)c(Br)c3)C2=O)cc1. The van der Waals surface area contributed by atoms with Gasteiger partial charge in [-0.25, -0.2) is 4.79 Å². The van der Waals surface area contributed by atoms with Crippen LogP contribution in [0.1, 0.15) is 16.7 Å². The van der Waals surface area contributed by atoms with Crippen LogP contribution < -0.4 is 15.4 Å². The summed E-state index contributed by atoms with van der Waals surface area (Å²) in [4.78, 5) is 38.4. The molecule has 4 rings (SSSR count). The van der Waals surface area contributed by atoms with E-state index in [9.17, 15) is 14.4 Å². The molecule has 2 N–H and O–H groups in total. The number of rotatable bonds is 7. The molecule has 4 amide bonds. The molecule has 1 saturated heterocycles. The normalized spacial score (nSPS) is 14.3. The molecule has 1 fully saturated rings. The third-order valence-corrected chi connectivity index (χ3v) is 5.73. The molecule has 0 bridgehead atoms. The van der Waals surface area contributed by atoms with Gasteiger partial charge in [-0.1, -0.05) is 54.1 Å². The predicted octanol–water partition coefficient (Wildman–Crippen LogP) is 4.87. The second-order valence-corrected chi connectivity index (χ2v) is 8.61. The minimum absolute atomic E-state index is 0.156. The van der Waals surface area contributed by atoms with Crippen LogP contribution in [-0.4, -0.2) is 29.4 Å². The fraction of sp³-hybridized carbons (Fsp3) is 0.115. The Morgan fingerprint density at radius 2 is 1.79 bits per heavy atom. The van der Waals surface area contributed by atoms with Crippen LogP contribution in [0.2, 0.25) is 0 Å². The molecule has 0 aromatic heterocycles. The van der Waals surface area contributed by atoms with E-state index in [1.807, 2.05) is 49.4 Å². The van der Waals surface area contributed by atoms with Crippen molar-refractivity contribution >= 4 is 45.5 Å². The van der Waals surface area contributed by atoms with E-state index in [0.717, 1.165) is 11.1 Å². The summed E-state index contributed by atoms with van der Waals surface area (Å²) in [7, 11) is 0. The van der Waals surface area contributed by atoms with Crippen molar-refractivity contribution in [2.75, 3.05) is 11.9 Å². The second-order valence-electron chi connectivity index (χ2n) is 7.76. The van der Waals surface area contributed by atoms with Crippen LogP contribution in [0.15, 0.2) is 83.0 Å². The third kappa shape index (κ3) is 5.71. The van der Waals surface area contributed by atoms with Gasteiger partial charge < -0.3 is 15.4 Å². The number of benzene rings is 3. The van der Waals surface area contributed by atoms with Crippen LogP contribution in [0.3, 0.4) is 0 Å². The molecule has 1 aliphatic rings. The van der Waals surface area contributed by atoms with Gasteiger partial charge >= 0.3 is 6.03 Å². The number of ether oxygens (including phenoxy) is 1. The second kappa shape index (κ2) is 10.4. The van der Waals surface area contributed by atoms with Crippen LogP contribution in [0, 0.1) is 6.92 Å². The summed E-state index contributed by atoms with van der Waals surface area (Å²) in [6, 6.07) is 21.5. The van der Waals surface area contributed by atoms with E-state index in [1.54, 1.807) is 36.4 Å². The Hall–Kier alpha value is -3.91. The first-order valence-corrected chi connectivity index (χ1v) is 11.4. The largest absolute Gasteiger partial charge is 0.483 e. The van der Waals surface area contributed by atoms with Crippen molar-refractivity contribution in [2.24, 2.45) is 0 Å². The molecule has 0 aliphatic carbocycles. The van der Waals surface area contributed by atoms with Crippen molar-refractivity contribution in [2.45, 2.75) is 13.5 Å². The number of nitrogens with zero attached hydrogens (tertiary/aromatic N) is 1. The van der Waals surface area contributed by atoms with Crippen molar-refractivity contribution in [3.8, 4) is 5.75 Å². The van der Waals surface area contributed by atoms with Crippen LogP contribution in [0.5, 0.6) is 5.75 Å². The zero-order valence-electron chi connectivity index (χ0n) is 18.4. The molecule has 0 unspecified atom stereocenters. The number of hydrogen-bond acceptors (Lipinski definition) is 4. The summed E-state index contributed by atoms with van der Waals surface area (Å²) in [5.41, 5.74) is 3.55. The number of imide groups is 1. The van der Waals surface area contributed by atoms with Gasteiger partial charge in [0.25, 0.3) is 11.8 Å². The lowest BCUT2D eigenvalue weighted by atomic mass is 10.1. The Morgan fingerprint density at radius 3 is 2.50 bits per heavy atom. The molecule has 3 aromatic rings. The highest BCUT2D eigenvalue weighted by Gasteiger charge is 2.33. The number of carbonyl (C=O) groups is 3. The first-order valence-electron chi connectivity index (χ1n) is 10.6. The first kappa shape index (κ1) is 23.3. The quantitative estimate of drug-likeness (QED) is 0.344. The van der Waals surface area contributed by atoms with Gasteiger partial charge in [-0.15, -0.1) is 0 Å². The molecule has 1 heterocycles. The van der Waals surface area contributed by atoms with E-state index in [2.05, 4.69) is 26.6 Å². The summed E-state index contributed by atoms with van der Waals surface area (Å²) >= 11 is 3.43. The molecule has 3 aromatic carbocycles. The molecule has 0 atom stereocenters. The van der Waals surface area contributed by atoms with Crippen molar-refractivity contribution < 1.29 is 19.1 Å². The molecule has 34 heavy (non-hydrogen) atoms. The maximum absolute atomic E-state index is 12.8. The van der Waals surface area contributed by atoms with E-state index >= 15 is 0 Å². The minimum Gasteiger partial charge on any atom is -0.483 e. The summed E-state index contributed by atoms with van der Waals surface area (Å²) < 4.78 is 6.21. The van der Waals surface area contributed by atoms with Crippen molar-refractivity contribution in [1.29, 1.82) is 0 Å². The number of amides is 4. The fourth-order valence-electron chi connectivity index (χ4n) is 3.34. The topological polar surface area (TPSA) is 87.7 Å². The lowest BCUT2D eigenvalue weighted by Crippen LogP contribution is -2.30. The maximum atomic E-state index is 12.8. The van der Waals surface area contributed by atoms with Crippen molar-refractivity contribution in [3.05, 3.63) is 99.7 Å². The van der Waals surface area contributed by atoms with Gasteiger partial charge in [-0.2, -0.15) is 0 Å². The van der Waals surface area contributed by atoms with Crippen LogP contribution >= 0.6 is 15.9 Å². The number of nitrogens with one attached hydrogen (secondary N) is 2. The average molecular weight is 520 g/mol. The Labute approximate surface area is 205 Å². The summed E-state index contributed by atoms with van der Waals surface area (Å²) in [5, 5.41) is 5.38. The molecule has 172 valence electrons. The molecule has 0 saturated carbocycles. The van der Waals surface area contributed by atoms with Crippen molar-refractivity contribution in [1.82, 2.24) is 10.2 Å². The Morgan fingerprint density at radius 1 is 1.06 bits per heavy atom. The Kier molecular flexibility index (Phi) is 7.08. The molecule has 0 spiro atoms. The Bertz CT molecular complexity index is 1260. The summed E-state index contributed by atoms with van der Waals surface area (Å²) in [6.45, 7) is 2.02. The van der Waals surface area contributed by atoms with E-state index < -0.39 is 6.03 Å². The van der Waals surface area contributed by atoms with Crippen LogP contribution in [-0.2, 0) is 16.1 Å². The molecule has 1 aliphatic heterocycles. The number of para-hydroxylation sites is 1. The fourth-order valence-corrected chi connectivity index (χ4v) is 3.85. The van der Waals surface area contributed by atoms with E-state index in [4.69, 9.17) is 4.74 Å². The summed E-state index contributed by atoms with van der Waals surface area (Å²) in [6.07, 6.45) is 1.60. The van der Waals surface area contributed by atoms with Crippen LogP contribution in [0.25, 0.3) is 6.08 Å².